The molecule has 0 radical (unpaired) electrons. The number of nitrogens with one attached hydrogen (secondary N) is 1. The molecule has 12 heteroatoms. The third-order valence-corrected chi connectivity index (χ3v) is 5.79. The smallest absolute Gasteiger partial charge is 0.387 e. The van der Waals surface area contributed by atoms with Crippen LogP contribution in [0.4, 0.5) is 17.6 Å². The summed E-state index contributed by atoms with van der Waals surface area (Å²) in [5.41, 5.74) is 11.6. The van der Waals surface area contributed by atoms with Crippen molar-refractivity contribution in [3.8, 4) is 35.3 Å². The second kappa shape index (κ2) is 11.5. The quantitative estimate of drug-likeness (QED) is 0.251. The number of carbonyl (C=O) groups is 1. The summed E-state index contributed by atoms with van der Waals surface area (Å²) >= 11 is 0. The zero-order valence-corrected chi connectivity index (χ0v) is 19.9. The minimum absolute atomic E-state index is 0.0386. The molecule has 200 valence electrons. The van der Waals surface area contributed by atoms with Crippen molar-refractivity contribution in [1.82, 2.24) is 10.3 Å². The normalized spacial score (nSPS) is 14.6. The van der Waals surface area contributed by atoms with Gasteiger partial charge in [0.1, 0.15) is 17.7 Å². The van der Waals surface area contributed by atoms with Crippen LogP contribution in [0.1, 0.15) is 46.7 Å². The number of oxazole rings is 1. The molecule has 1 fully saturated rings. The van der Waals surface area contributed by atoms with Gasteiger partial charge in [-0.2, -0.15) is 8.78 Å². The fourth-order valence-corrected chi connectivity index (χ4v) is 3.62. The number of alkyl halides is 2. The van der Waals surface area contributed by atoms with Crippen LogP contribution in [-0.4, -0.2) is 30.7 Å². The van der Waals surface area contributed by atoms with Gasteiger partial charge in [0, 0.05) is 23.7 Å². The first kappa shape index (κ1) is 27.0. The summed E-state index contributed by atoms with van der Waals surface area (Å²) in [6.45, 7) is -2.97. The first-order valence-corrected chi connectivity index (χ1v) is 11.6. The zero-order valence-electron chi connectivity index (χ0n) is 19.9. The molecular formula is C26H24F4N4O4. The van der Waals surface area contributed by atoms with Gasteiger partial charge in [-0.1, -0.05) is 12.0 Å². The number of nitrogens with zero attached hydrogens (tertiary/aromatic N) is 1. The maximum atomic E-state index is 14.3. The third-order valence-electron chi connectivity index (χ3n) is 5.79. The molecule has 0 unspecified atom stereocenters. The highest BCUT2D eigenvalue weighted by Crippen LogP contribution is 2.37. The van der Waals surface area contributed by atoms with Gasteiger partial charge in [-0.05, 0) is 43.0 Å². The highest BCUT2D eigenvalue weighted by Gasteiger charge is 2.28. The summed E-state index contributed by atoms with van der Waals surface area (Å²) in [5, 5.41) is 2.52. The van der Waals surface area contributed by atoms with E-state index in [1.165, 1.54) is 18.2 Å². The minimum Gasteiger partial charge on any atom is -0.489 e. The molecule has 3 aromatic rings. The average molecular weight is 532 g/mol. The Labute approximate surface area is 215 Å². The maximum absolute atomic E-state index is 14.3. The summed E-state index contributed by atoms with van der Waals surface area (Å²) in [6, 6.07) is 4.68. The van der Waals surface area contributed by atoms with Gasteiger partial charge < -0.3 is 30.7 Å². The van der Waals surface area contributed by atoms with Crippen LogP contribution in [0, 0.1) is 29.9 Å². The van der Waals surface area contributed by atoms with Gasteiger partial charge in [0.05, 0.1) is 12.6 Å². The molecule has 0 spiro atoms. The Kier molecular flexibility index (Phi) is 8.19. The zero-order chi connectivity index (χ0) is 27.4. The summed E-state index contributed by atoms with van der Waals surface area (Å²) in [7, 11) is 0. The van der Waals surface area contributed by atoms with Crippen LogP contribution in [-0.2, 0) is 0 Å². The number of nitrogens with two attached hydrogens (primary N) is 2. The molecule has 1 aliphatic rings. The molecule has 0 aliphatic heterocycles. The topological polar surface area (TPSA) is 126 Å². The van der Waals surface area contributed by atoms with E-state index < -0.39 is 36.2 Å². The van der Waals surface area contributed by atoms with Crippen molar-refractivity contribution in [2.75, 3.05) is 13.2 Å². The number of benzene rings is 2. The average Bonchev–Trinajstić information content (AvgIpc) is 3.61. The van der Waals surface area contributed by atoms with Gasteiger partial charge in [-0.15, -0.1) is 6.42 Å². The van der Waals surface area contributed by atoms with Crippen LogP contribution in [0.5, 0.6) is 11.5 Å². The van der Waals surface area contributed by atoms with E-state index in [1.807, 2.05) is 0 Å². The Hall–Kier alpha value is -4.08. The highest BCUT2D eigenvalue weighted by molar-refractivity contribution is 5.94. The van der Waals surface area contributed by atoms with Crippen molar-refractivity contribution in [2.45, 2.75) is 31.5 Å². The van der Waals surface area contributed by atoms with Crippen LogP contribution in [0.3, 0.4) is 0 Å². The third kappa shape index (κ3) is 6.24. The highest BCUT2D eigenvalue weighted by atomic mass is 19.3. The lowest BCUT2D eigenvalue weighted by Gasteiger charge is -2.17. The molecule has 1 amide bonds. The van der Waals surface area contributed by atoms with E-state index in [4.69, 9.17) is 27.0 Å². The number of terminal acetylenes is 1. The molecule has 1 aliphatic carbocycles. The number of rotatable bonds is 11. The minimum atomic E-state index is -3.07. The molecule has 0 bridgehead atoms. The molecule has 4 rings (SSSR count). The summed E-state index contributed by atoms with van der Waals surface area (Å²) in [5.74, 6) is -0.347. The molecule has 1 saturated carbocycles. The lowest BCUT2D eigenvalue weighted by molar-refractivity contribution is -0.0515. The molecule has 1 heterocycles. The van der Waals surface area contributed by atoms with Crippen molar-refractivity contribution in [3.05, 3.63) is 65.1 Å². The molecule has 38 heavy (non-hydrogen) atoms. The lowest BCUT2D eigenvalue weighted by Crippen LogP contribution is -2.35. The molecule has 8 nitrogen and oxygen atoms in total. The van der Waals surface area contributed by atoms with Gasteiger partial charge in [0.25, 0.3) is 5.91 Å². The van der Waals surface area contributed by atoms with E-state index in [0.717, 1.165) is 25.0 Å². The number of ether oxygens (including phenoxy) is 2. The summed E-state index contributed by atoms with van der Waals surface area (Å²) in [6.07, 6.45) is 7.38. The fourth-order valence-electron chi connectivity index (χ4n) is 3.62. The lowest BCUT2D eigenvalue weighted by atomic mass is 10.1. The Morgan fingerprint density at radius 1 is 1.21 bits per heavy atom. The van der Waals surface area contributed by atoms with Gasteiger partial charge in [0.2, 0.25) is 5.89 Å². The monoisotopic (exact) mass is 532 g/mol. The number of amides is 1. The van der Waals surface area contributed by atoms with Crippen LogP contribution < -0.4 is 26.3 Å². The summed E-state index contributed by atoms with van der Waals surface area (Å²) in [4.78, 5) is 17.4. The predicted octanol–water partition coefficient (Wildman–Crippen LogP) is 4.07. The Morgan fingerprint density at radius 3 is 2.61 bits per heavy atom. The van der Waals surface area contributed by atoms with Crippen molar-refractivity contribution in [3.63, 3.8) is 0 Å². The van der Waals surface area contributed by atoms with E-state index in [2.05, 4.69) is 21.0 Å². The van der Waals surface area contributed by atoms with Crippen LogP contribution in [0.25, 0.3) is 11.5 Å². The van der Waals surface area contributed by atoms with E-state index >= 15 is 0 Å². The van der Waals surface area contributed by atoms with Gasteiger partial charge in [-0.3, -0.25) is 4.79 Å². The van der Waals surface area contributed by atoms with E-state index in [-0.39, 0.29) is 46.5 Å². The van der Waals surface area contributed by atoms with E-state index in [1.54, 1.807) is 0 Å². The Morgan fingerprint density at radius 2 is 1.97 bits per heavy atom. The number of aromatic nitrogens is 1. The van der Waals surface area contributed by atoms with Gasteiger partial charge in [-0.25, -0.2) is 13.8 Å². The molecule has 0 saturated heterocycles. The van der Waals surface area contributed by atoms with Crippen molar-refractivity contribution < 1.29 is 36.2 Å². The van der Waals surface area contributed by atoms with E-state index in [9.17, 15) is 22.4 Å². The first-order chi connectivity index (χ1) is 18.2. The van der Waals surface area contributed by atoms with Crippen LogP contribution >= 0.6 is 0 Å². The van der Waals surface area contributed by atoms with Gasteiger partial charge >= 0.3 is 6.61 Å². The number of hydrogen-bond acceptors (Lipinski definition) is 7. The first-order valence-electron chi connectivity index (χ1n) is 11.6. The standard InChI is InChI=1S/C26H24F4N4O4/c1-2-18(32)23-22(24(35)33-19(11-31)16-7-6-15(27)10-17(16)28)34-25(38-23)14-5-8-20(37-26(29)30)21(9-14)36-12-13-3-4-13/h1,5-10,13,18-19,26H,3-4,11-12,31-32H2,(H,33,35)/t18-,19-/m0/s1. The van der Waals surface area contributed by atoms with E-state index in [0.29, 0.717) is 18.6 Å². The number of halogens is 4. The Bertz CT molecular complexity index is 1350. The second-order valence-electron chi connectivity index (χ2n) is 8.60. The maximum Gasteiger partial charge on any atom is 0.387 e. The molecule has 1 aromatic heterocycles. The Balaban J connectivity index is 1.66. The van der Waals surface area contributed by atoms with Crippen LogP contribution in [0.15, 0.2) is 40.8 Å². The SMILES string of the molecule is C#C[C@H](N)c1oc(-c2ccc(OC(F)F)c(OCC3CC3)c2)nc1C(=O)N[C@@H](CN)c1ccc(F)cc1F. The van der Waals surface area contributed by atoms with Crippen molar-refractivity contribution in [1.29, 1.82) is 0 Å². The van der Waals surface area contributed by atoms with Crippen molar-refractivity contribution in [2.24, 2.45) is 17.4 Å². The fraction of sp³-hybridized carbons (Fsp3) is 0.308. The van der Waals surface area contributed by atoms with Crippen molar-refractivity contribution >= 4 is 5.91 Å². The largest absolute Gasteiger partial charge is 0.489 e. The molecule has 2 atom stereocenters. The number of carbonyl (C=O) groups excluding carboxylic acids is 1. The van der Waals surface area contributed by atoms with Gasteiger partial charge in [0.15, 0.2) is 23.0 Å². The number of hydrogen-bond donors (Lipinski definition) is 3. The molecule has 2 aromatic carbocycles. The second-order valence-corrected chi connectivity index (χ2v) is 8.60. The summed E-state index contributed by atoms with van der Waals surface area (Å²) < 4.78 is 69.3. The molecular weight excluding hydrogens is 508 g/mol. The predicted molar refractivity (Wildman–Crippen MR) is 128 cm³/mol. The van der Waals surface area contributed by atoms with Crippen LogP contribution in [0.2, 0.25) is 0 Å². The molecule has 5 N–H and O–H groups in total.